The van der Waals surface area contributed by atoms with Gasteiger partial charge in [-0.25, -0.2) is 4.39 Å². The van der Waals surface area contributed by atoms with Crippen LogP contribution in [-0.2, 0) is 4.74 Å². The summed E-state index contributed by atoms with van der Waals surface area (Å²) in [6.07, 6.45) is 4.97. The second-order valence-corrected chi connectivity index (χ2v) is 6.63. The van der Waals surface area contributed by atoms with E-state index in [1.165, 1.54) is 12.3 Å². The number of amides is 1. The number of aromatic nitrogens is 1. The number of carbonyl (C=O) groups excluding carboxylic acids is 1. The number of piperidine rings is 1. The molecule has 2 saturated heterocycles. The average Bonchev–Trinajstić information content (AvgIpc) is 2.53. The first-order chi connectivity index (χ1) is 11.0. The van der Waals surface area contributed by atoms with E-state index in [1.807, 2.05) is 0 Å². The highest BCUT2D eigenvalue weighted by molar-refractivity contribution is 5.93. The van der Waals surface area contributed by atoms with Crippen LogP contribution in [0, 0.1) is 5.82 Å². The van der Waals surface area contributed by atoms with E-state index in [-0.39, 0.29) is 18.1 Å². The number of likely N-dealkylation sites (tertiary alicyclic amines) is 1. The number of carbonyl (C=O) groups is 1. The zero-order valence-corrected chi connectivity index (χ0v) is 13.7. The first kappa shape index (κ1) is 16.3. The largest absolute Gasteiger partial charge is 0.373 e. The van der Waals surface area contributed by atoms with Gasteiger partial charge in [0.15, 0.2) is 0 Å². The van der Waals surface area contributed by atoms with Crippen molar-refractivity contribution in [2.75, 3.05) is 26.2 Å². The predicted molar refractivity (Wildman–Crippen MR) is 84.7 cm³/mol. The van der Waals surface area contributed by atoms with Gasteiger partial charge in [0.05, 0.1) is 24.0 Å². The molecular weight excluding hydrogens is 297 g/mol. The highest BCUT2D eigenvalue weighted by Gasteiger charge is 2.31. The second kappa shape index (κ2) is 6.93. The number of rotatable bonds is 2. The van der Waals surface area contributed by atoms with Crippen LogP contribution in [0.4, 0.5) is 4.39 Å². The van der Waals surface area contributed by atoms with Gasteiger partial charge in [0.2, 0.25) is 0 Å². The normalized spacial score (nSPS) is 27.2. The number of halogens is 1. The van der Waals surface area contributed by atoms with Crippen LogP contribution >= 0.6 is 0 Å². The molecule has 2 aliphatic rings. The first-order valence-electron chi connectivity index (χ1n) is 8.32. The zero-order chi connectivity index (χ0) is 16.4. The highest BCUT2D eigenvalue weighted by Crippen LogP contribution is 2.22. The van der Waals surface area contributed by atoms with Crippen molar-refractivity contribution < 1.29 is 13.9 Å². The monoisotopic (exact) mass is 321 g/mol. The molecule has 0 spiro atoms. The summed E-state index contributed by atoms with van der Waals surface area (Å²) in [6, 6.07) is 1.76. The predicted octanol–water partition coefficient (Wildman–Crippen LogP) is 1.93. The lowest BCUT2D eigenvalue weighted by atomic mass is 10.0. The van der Waals surface area contributed by atoms with E-state index in [2.05, 4.69) is 23.7 Å². The maximum absolute atomic E-state index is 13.2. The Morgan fingerprint density at radius 2 is 1.87 bits per heavy atom. The van der Waals surface area contributed by atoms with E-state index in [9.17, 15) is 9.18 Å². The van der Waals surface area contributed by atoms with Crippen LogP contribution in [0.15, 0.2) is 18.5 Å². The first-order valence-corrected chi connectivity index (χ1v) is 8.32. The fraction of sp³-hybridized carbons (Fsp3) is 0.647. The Kier molecular flexibility index (Phi) is 4.92. The average molecular weight is 321 g/mol. The molecule has 2 aliphatic heterocycles. The van der Waals surface area contributed by atoms with Gasteiger partial charge in [-0.05, 0) is 32.8 Å². The summed E-state index contributed by atoms with van der Waals surface area (Å²) >= 11 is 0. The number of hydrogen-bond donors (Lipinski definition) is 0. The van der Waals surface area contributed by atoms with Crippen molar-refractivity contribution in [3.05, 3.63) is 29.8 Å². The van der Waals surface area contributed by atoms with Gasteiger partial charge in [0.1, 0.15) is 5.82 Å². The van der Waals surface area contributed by atoms with Gasteiger partial charge in [-0.3, -0.25) is 14.7 Å². The van der Waals surface area contributed by atoms with E-state index in [4.69, 9.17) is 4.74 Å². The molecule has 23 heavy (non-hydrogen) atoms. The lowest BCUT2D eigenvalue weighted by Crippen LogP contribution is -2.53. The van der Waals surface area contributed by atoms with Crippen LogP contribution in [0.3, 0.4) is 0 Å². The molecule has 2 fully saturated rings. The number of pyridine rings is 1. The number of ether oxygens (including phenoxy) is 1. The van der Waals surface area contributed by atoms with Gasteiger partial charge in [0.25, 0.3) is 5.91 Å². The molecule has 3 rings (SSSR count). The van der Waals surface area contributed by atoms with Gasteiger partial charge in [-0.2, -0.15) is 0 Å². The van der Waals surface area contributed by atoms with Crippen molar-refractivity contribution in [3.8, 4) is 0 Å². The van der Waals surface area contributed by atoms with E-state index < -0.39 is 5.82 Å². The van der Waals surface area contributed by atoms with E-state index in [0.29, 0.717) is 24.7 Å². The Morgan fingerprint density at radius 1 is 1.22 bits per heavy atom. The molecule has 0 unspecified atom stereocenters. The van der Waals surface area contributed by atoms with Crippen LogP contribution in [0.1, 0.15) is 37.0 Å². The fourth-order valence-electron chi connectivity index (χ4n) is 3.66. The van der Waals surface area contributed by atoms with E-state index in [0.717, 1.165) is 32.1 Å². The highest BCUT2D eigenvalue weighted by atomic mass is 19.1. The maximum atomic E-state index is 13.2. The van der Waals surface area contributed by atoms with Crippen molar-refractivity contribution in [3.63, 3.8) is 0 Å². The van der Waals surface area contributed by atoms with Crippen LogP contribution < -0.4 is 0 Å². The minimum Gasteiger partial charge on any atom is -0.373 e. The van der Waals surface area contributed by atoms with Crippen LogP contribution in [0.2, 0.25) is 0 Å². The van der Waals surface area contributed by atoms with Crippen molar-refractivity contribution in [2.45, 2.75) is 44.9 Å². The van der Waals surface area contributed by atoms with Crippen LogP contribution in [0.5, 0.6) is 0 Å². The lowest BCUT2D eigenvalue weighted by molar-refractivity contribution is -0.0856. The Balaban J connectivity index is 1.57. The van der Waals surface area contributed by atoms with Gasteiger partial charge >= 0.3 is 0 Å². The smallest absolute Gasteiger partial charge is 0.255 e. The van der Waals surface area contributed by atoms with E-state index in [1.54, 1.807) is 4.90 Å². The Labute approximate surface area is 136 Å². The standard InChI is InChI=1S/C17H24FN3O2/c1-12-10-21(11-13(2)23-12)16-3-5-20(6-4-16)17(22)14-7-15(18)9-19-8-14/h7-9,12-13,16H,3-6,10-11H2,1-2H3/t12-,13+. The maximum Gasteiger partial charge on any atom is 0.255 e. The summed E-state index contributed by atoms with van der Waals surface area (Å²) in [6.45, 7) is 7.55. The topological polar surface area (TPSA) is 45.7 Å². The molecule has 1 amide bonds. The molecule has 0 N–H and O–H groups in total. The zero-order valence-electron chi connectivity index (χ0n) is 13.7. The van der Waals surface area contributed by atoms with Gasteiger partial charge in [-0.1, -0.05) is 0 Å². The summed E-state index contributed by atoms with van der Waals surface area (Å²) in [7, 11) is 0. The third-order valence-corrected chi connectivity index (χ3v) is 4.67. The molecule has 0 bridgehead atoms. The quantitative estimate of drug-likeness (QED) is 0.835. The lowest BCUT2D eigenvalue weighted by Gasteiger charge is -2.43. The molecule has 0 aliphatic carbocycles. The Morgan fingerprint density at radius 3 is 2.48 bits per heavy atom. The molecule has 0 saturated carbocycles. The van der Waals surface area contributed by atoms with Crippen molar-refractivity contribution in [1.82, 2.24) is 14.8 Å². The summed E-state index contributed by atoms with van der Waals surface area (Å²) in [5, 5.41) is 0. The van der Waals surface area contributed by atoms with Gasteiger partial charge < -0.3 is 9.64 Å². The summed E-state index contributed by atoms with van der Waals surface area (Å²) in [5.74, 6) is -0.596. The van der Waals surface area contributed by atoms with Crippen molar-refractivity contribution in [2.24, 2.45) is 0 Å². The number of morpholine rings is 1. The number of nitrogens with zero attached hydrogens (tertiary/aromatic N) is 3. The second-order valence-electron chi connectivity index (χ2n) is 6.63. The summed E-state index contributed by atoms with van der Waals surface area (Å²) in [5.41, 5.74) is 0.331. The van der Waals surface area contributed by atoms with Crippen LogP contribution in [-0.4, -0.2) is 65.1 Å². The molecule has 0 radical (unpaired) electrons. The molecular formula is C17H24FN3O2. The molecule has 6 heteroatoms. The molecule has 5 nitrogen and oxygen atoms in total. The molecule has 126 valence electrons. The minimum atomic E-state index is -0.470. The van der Waals surface area contributed by atoms with Gasteiger partial charge in [-0.15, -0.1) is 0 Å². The Hall–Kier alpha value is -1.53. The molecule has 0 aromatic carbocycles. The molecule has 3 heterocycles. The Bertz CT molecular complexity index is 551. The summed E-state index contributed by atoms with van der Waals surface area (Å²) in [4.78, 5) is 20.5. The minimum absolute atomic E-state index is 0.126. The molecule has 1 aromatic heterocycles. The fourth-order valence-corrected chi connectivity index (χ4v) is 3.66. The third kappa shape index (κ3) is 3.87. The SMILES string of the molecule is C[C@@H]1CN(C2CCN(C(=O)c3cncc(F)c3)CC2)C[C@H](C)O1. The molecule has 2 atom stereocenters. The van der Waals surface area contributed by atoms with Gasteiger partial charge in [0, 0.05) is 38.4 Å². The molecule has 1 aromatic rings. The van der Waals surface area contributed by atoms with Crippen molar-refractivity contribution >= 4 is 5.91 Å². The van der Waals surface area contributed by atoms with Crippen LogP contribution in [0.25, 0.3) is 0 Å². The number of hydrogen-bond acceptors (Lipinski definition) is 4. The third-order valence-electron chi connectivity index (χ3n) is 4.67. The summed E-state index contributed by atoms with van der Waals surface area (Å²) < 4.78 is 19.0. The van der Waals surface area contributed by atoms with Crippen molar-refractivity contribution in [1.29, 1.82) is 0 Å². The van der Waals surface area contributed by atoms with E-state index >= 15 is 0 Å².